The molecular weight excluding hydrogens is 362 g/mol. The van der Waals surface area contributed by atoms with Crippen molar-refractivity contribution in [2.24, 2.45) is 0 Å². The molecule has 2 heterocycles. The van der Waals surface area contributed by atoms with Crippen LogP contribution in [0.2, 0.25) is 5.28 Å². The fourth-order valence-electron chi connectivity index (χ4n) is 1.80. The Morgan fingerprint density at radius 1 is 1.30 bits per heavy atom. The van der Waals surface area contributed by atoms with Crippen molar-refractivity contribution in [1.29, 1.82) is 0 Å². The van der Waals surface area contributed by atoms with E-state index < -0.39 is 0 Å². The molecule has 0 aliphatic heterocycles. The monoisotopic (exact) mass is 369 g/mol. The van der Waals surface area contributed by atoms with Crippen LogP contribution in [0, 0.1) is 0 Å². The van der Waals surface area contributed by atoms with E-state index in [9.17, 15) is 0 Å². The van der Waals surface area contributed by atoms with E-state index >= 15 is 0 Å². The number of anilines is 2. The van der Waals surface area contributed by atoms with E-state index in [1.807, 2.05) is 29.6 Å². The molecule has 0 fully saturated rings. The summed E-state index contributed by atoms with van der Waals surface area (Å²) in [6.07, 6.45) is 0. The number of nitrogens with one attached hydrogen (secondary N) is 1. The third kappa shape index (κ3) is 2.59. The van der Waals surface area contributed by atoms with Crippen LogP contribution in [0.5, 0.6) is 5.75 Å². The van der Waals surface area contributed by atoms with E-state index in [1.54, 1.807) is 7.11 Å². The Kier molecular flexibility index (Phi) is 3.78. The number of hydrogen-bond acceptors (Lipinski definition) is 5. The number of hydrogen-bond donors (Lipinski definition) is 1. The molecule has 7 heteroatoms. The lowest BCUT2D eigenvalue weighted by atomic mass is 10.3. The second-order valence-electron chi connectivity index (χ2n) is 3.95. The molecule has 1 aromatic carbocycles. The van der Waals surface area contributed by atoms with Crippen molar-refractivity contribution in [3.63, 3.8) is 0 Å². The Morgan fingerprint density at radius 2 is 2.15 bits per heavy atom. The topological polar surface area (TPSA) is 47.0 Å². The molecule has 102 valence electrons. The van der Waals surface area contributed by atoms with Crippen molar-refractivity contribution in [1.82, 2.24) is 9.97 Å². The van der Waals surface area contributed by atoms with Gasteiger partial charge in [-0.1, -0.05) is 0 Å². The Labute approximate surface area is 132 Å². The molecule has 0 aliphatic rings. The molecule has 0 aliphatic carbocycles. The first-order valence-electron chi connectivity index (χ1n) is 5.68. The lowest BCUT2D eigenvalue weighted by Crippen LogP contribution is -1.96. The van der Waals surface area contributed by atoms with Crippen molar-refractivity contribution in [2.75, 3.05) is 12.4 Å². The zero-order valence-electron chi connectivity index (χ0n) is 10.4. The number of rotatable bonds is 3. The summed E-state index contributed by atoms with van der Waals surface area (Å²) in [6.45, 7) is 0. The van der Waals surface area contributed by atoms with Gasteiger partial charge in [0.1, 0.15) is 16.4 Å². The minimum Gasteiger partial charge on any atom is -0.495 e. The van der Waals surface area contributed by atoms with E-state index in [-0.39, 0.29) is 5.28 Å². The molecular formula is C13H9BrClN3OS. The van der Waals surface area contributed by atoms with Gasteiger partial charge in [-0.25, -0.2) is 4.98 Å². The Bertz CT molecular complexity index is 777. The van der Waals surface area contributed by atoms with E-state index in [1.165, 1.54) is 11.3 Å². The van der Waals surface area contributed by atoms with Crippen molar-refractivity contribution in [3.05, 3.63) is 39.4 Å². The van der Waals surface area contributed by atoms with Gasteiger partial charge in [0.25, 0.3) is 0 Å². The van der Waals surface area contributed by atoms with E-state index in [0.717, 1.165) is 26.1 Å². The van der Waals surface area contributed by atoms with Crippen molar-refractivity contribution < 1.29 is 4.74 Å². The lowest BCUT2D eigenvalue weighted by Gasteiger charge is -2.09. The van der Waals surface area contributed by atoms with Gasteiger partial charge in [0.2, 0.25) is 5.28 Å². The van der Waals surface area contributed by atoms with Gasteiger partial charge in [0, 0.05) is 11.8 Å². The number of aromatic nitrogens is 2. The molecule has 0 saturated heterocycles. The van der Waals surface area contributed by atoms with Crippen LogP contribution in [0.1, 0.15) is 0 Å². The predicted octanol–water partition coefficient (Wildman–Crippen LogP) is 4.86. The van der Waals surface area contributed by atoms with Gasteiger partial charge in [0.15, 0.2) is 0 Å². The average molecular weight is 371 g/mol. The predicted molar refractivity (Wildman–Crippen MR) is 86.4 cm³/mol. The summed E-state index contributed by atoms with van der Waals surface area (Å²) in [5.74, 6) is 1.43. The van der Waals surface area contributed by atoms with Crippen LogP contribution < -0.4 is 10.1 Å². The highest BCUT2D eigenvalue weighted by Gasteiger charge is 2.09. The second-order valence-corrected chi connectivity index (χ2v) is 6.04. The molecule has 0 saturated carbocycles. The minimum atomic E-state index is 0.228. The number of ether oxygens (including phenoxy) is 1. The smallest absolute Gasteiger partial charge is 0.225 e. The molecule has 4 nitrogen and oxygen atoms in total. The maximum atomic E-state index is 5.94. The molecule has 0 amide bonds. The summed E-state index contributed by atoms with van der Waals surface area (Å²) in [6, 6.07) is 7.70. The number of halogens is 2. The number of benzene rings is 1. The first-order chi connectivity index (χ1) is 9.67. The van der Waals surface area contributed by atoms with E-state index in [4.69, 9.17) is 16.3 Å². The van der Waals surface area contributed by atoms with Gasteiger partial charge in [-0.2, -0.15) is 4.98 Å². The fourth-order valence-corrected chi connectivity index (χ4v) is 3.19. The number of fused-ring (bicyclic) bond motifs is 1. The quantitative estimate of drug-likeness (QED) is 0.669. The zero-order chi connectivity index (χ0) is 14.1. The molecule has 20 heavy (non-hydrogen) atoms. The van der Waals surface area contributed by atoms with Gasteiger partial charge < -0.3 is 10.1 Å². The summed E-state index contributed by atoms with van der Waals surface area (Å²) in [5.41, 5.74) is 0.868. The van der Waals surface area contributed by atoms with Gasteiger partial charge in [-0.15, -0.1) is 11.3 Å². The van der Waals surface area contributed by atoms with Gasteiger partial charge in [0.05, 0.1) is 17.0 Å². The van der Waals surface area contributed by atoms with Gasteiger partial charge >= 0.3 is 0 Å². The molecule has 0 spiro atoms. The van der Waals surface area contributed by atoms with Crippen LogP contribution in [0.4, 0.5) is 11.5 Å². The Morgan fingerprint density at radius 3 is 2.95 bits per heavy atom. The molecule has 0 radical (unpaired) electrons. The molecule has 0 bridgehead atoms. The number of methoxy groups -OCH3 is 1. The van der Waals surface area contributed by atoms with Crippen LogP contribution in [-0.2, 0) is 0 Å². The largest absolute Gasteiger partial charge is 0.495 e. The van der Waals surface area contributed by atoms with Gasteiger partial charge in [-0.05, 0) is 51.1 Å². The van der Waals surface area contributed by atoms with Crippen LogP contribution >= 0.6 is 38.9 Å². The summed E-state index contributed by atoms with van der Waals surface area (Å²) >= 11 is 10.9. The first-order valence-corrected chi connectivity index (χ1v) is 7.74. The number of thiophene rings is 1. The summed E-state index contributed by atoms with van der Waals surface area (Å²) in [4.78, 5) is 9.29. The molecule has 0 atom stereocenters. The first kappa shape index (κ1) is 13.6. The highest BCUT2D eigenvalue weighted by atomic mass is 79.9. The van der Waals surface area contributed by atoms with Gasteiger partial charge in [-0.3, -0.25) is 0 Å². The van der Waals surface area contributed by atoms with Crippen molar-refractivity contribution >= 4 is 60.6 Å². The Hall–Kier alpha value is -1.37. The minimum absolute atomic E-state index is 0.228. The molecule has 3 rings (SSSR count). The SMILES string of the molecule is COc1cc(Nc2nc(Cl)nc3sccc23)ccc1Br. The van der Waals surface area contributed by atoms with Crippen LogP contribution in [-0.4, -0.2) is 17.1 Å². The van der Waals surface area contributed by atoms with E-state index in [0.29, 0.717) is 5.82 Å². The maximum Gasteiger partial charge on any atom is 0.225 e. The zero-order valence-corrected chi connectivity index (χ0v) is 13.5. The highest BCUT2D eigenvalue weighted by molar-refractivity contribution is 9.10. The summed E-state index contributed by atoms with van der Waals surface area (Å²) in [5, 5.41) is 6.38. The second kappa shape index (κ2) is 5.55. The maximum absolute atomic E-state index is 5.94. The third-order valence-electron chi connectivity index (χ3n) is 2.71. The molecule has 0 unspecified atom stereocenters. The van der Waals surface area contributed by atoms with Crippen molar-refractivity contribution in [3.8, 4) is 5.75 Å². The molecule has 1 N–H and O–H groups in total. The normalized spacial score (nSPS) is 10.8. The highest BCUT2D eigenvalue weighted by Crippen LogP contribution is 2.32. The summed E-state index contributed by atoms with van der Waals surface area (Å²) in [7, 11) is 1.63. The van der Waals surface area contributed by atoms with Crippen LogP contribution in [0.15, 0.2) is 34.1 Å². The van der Waals surface area contributed by atoms with E-state index in [2.05, 4.69) is 31.2 Å². The van der Waals surface area contributed by atoms with Crippen molar-refractivity contribution in [2.45, 2.75) is 0 Å². The average Bonchev–Trinajstić information content (AvgIpc) is 2.89. The standard InChI is InChI=1S/C13H9BrClN3OS/c1-19-10-6-7(2-3-9(10)14)16-11-8-4-5-20-12(8)18-13(15)17-11/h2-6H,1H3,(H,16,17,18). The van der Waals surface area contributed by atoms with Crippen LogP contribution in [0.25, 0.3) is 10.2 Å². The molecule has 3 aromatic rings. The fraction of sp³-hybridized carbons (Fsp3) is 0.0769. The summed E-state index contributed by atoms with van der Waals surface area (Å²) < 4.78 is 6.17. The lowest BCUT2D eigenvalue weighted by molar-refractivity contribution is 0.412. The molecule has 2 aromatic heterocycles. The third-order valence-corrected chi connectivity index (χ3v) is 4.34. The van der Waals surface area contributed by atoms with Crippen LogP contribution in [0.3, 0.4) is 0 Å². The number of nitrogens with zero attached hydrogens (tertiary/aromatic N) is 2. The Balaban J connectivity index is 2.02.